The number of benzene rings is 1. The number of hydrogen-bond donors (Lipinski definition) is 1. The highest BCUT2D eigenvalue weighted by atomic mass is 19.1. The van der Waals surface area contributed by atoms with E-state index >= 15 is 0 Å². The normalized spacial score (nSPS) is 20.9. The average molecular weight is 233 g/mol. The van der Waals surface area contributed by atoms with E-state index in [2.05, 4.69) is 5.32 Å². The molecule has 1 saturated heterocycles. The van der Waals surface area contributed by atoms with E-state index in [1.807, 2.05) is 6.07 Å². The molecule has 3 heteroatoms. The van der Waals surface area contributed by atoms with Crippen LogP contribution in [0.5, 0.6) is 0 Å². The molecule has 1 atom stereocenters. The van der Waals surface area contributed by atoms with Gasteiger partial charge >= 0.3 is 0 Å². The van der Waals surface area contributed by atoms with Crippen molar-refractivity contribution in [3.63, 3.8) is 0 Å². The van der Waals surface area contributed by atoms with Gasteiger partial charge in [0.1, 0.15) is 17.2 Å². The number of piperidine rings is 1. The van der Waals surface area contributed by atoms with Crippen molar-refractivity contribution in [1.82, 2.24) is 5.32 Å². The van der Waals surface area contributed by atoms with Gasteiger partial charge in [-0.05, 0) is 43.7 Å². The van der Waals surface area contributed by atoms with E-state index in [9.17, 15) is 4.39 Å². The number of halogens is 1. The molecule has 0 amide bonds. The van der Waals surface area contributed by atoms with Crippen molar-refractivity contribution in [2.75, 3.05) is 6.54 Å². The Kier molecular flexibility index (Phi) is 2.85. The molecule has 17 heavy (non-hydrogen) atoms. The molecule has 0 bridgehead atoms. The first-order chi connectivity index (χ1) is 8.31. The maximum absolute atomic E-state index is 13.1. The zero-order valence-corrected chi connectivity index (χ0v) is 9.71. The van der Waals surface area contributed by atoms with E-state index in [-0.39, 0.29) is 5.82 Å². The summed E-state index contributed by atoms with van der Waals surface area (Å²) in [4.78, 5) is 0. The van der Waals surface area contributed by atoms with E-state index in [1.165, 1.54) is 31.4 Å². The van der Waals surface area contributed by atoms with Crippen LogP contribution < -0.4 is 5.32 Å². The molecule has 0 aliphatic carbocycles. The van der Waals surface area contributed by atoms with Gasteiger partial charge in [-0.15, -0.1) is 0 Å². The van der Waals surface area contributed by atoms with Crippen LogP contribution in [0.3, 0.4) is 0 Å². The minimum Gasteiger partial charge on any atom is -0.461 e. The summed E-state index contributed by atoms with van der Waals surface area (Å²) in [5.41, 5.74) is 0.775. The fraction of sp³-hybridized carbons (Fsp3) is 0.429. The SMILES string of the molecule is Fc1ccc2oc(C[C@@H]3CCCCN3)cc2c1. The van der Waals surface area contributed by atoms with Gasteiger partial charge in [-0.3, -0.25) is 0 Å². The van der Waals surface area contributed by atoms with Crippen LogP contribution in [0.4, 0.5) is 4.39 Å². The van der Waals surface area contributed by atoms with Crippen molar-refractivity contribution in [3.8, 4) is 0 Å². The molecule has 1 fully saturated rings. The largest absolute Gasteiger partial charge is 0.461 e. The van der Waals surface area contributed by atoms with Crippen LogP contribution in [0.1, 0.15) is 25.0 Å². The van der Waals surface area contributed by atoms with E-state index < -0.39 is 0 Å². The van der Waals surface area contributed by atoms with Crippen LogP contribution in [-0.4, -0.2) is 12.6 Å². The quantitative estimate of drug-likeness (QED) is 0.861. The van der Waals surface area contributed by atoms with Crippen LogP contribution in [0.15, 0.2) is 28.7 Å². The van der Waals surface area contributed by atoms with Crippen molar-refractivity contribution in [3.05, 3.63) is 35.8 Å². The smallest absolute Gasteiger partial charge is 0.134 e. The predicted octanol–water partition coefficient (Wildman–Crippen LogP) is 3.26. The summed E-state index contributed by atoms with van der Waals surface area (Å²) in [6, 6.07) is 7.12. The Morgan fingerprint density at radius 3 is 3.06 bits per heavy atom. The first-order valence-electron chi connectivity index (χ1n) is 6.22. The average Bonchev–Trinajstić information content (AvgIpc) is 2.71. The highest BCUT2D eigenvalue weighted by Gasteiger charge is 2.15. The second-order valence-corrected chi connectivity index (χ2v) is 4.75. The van der Waals surface area contributed by atoms with Gasteiger partial charge in [0.2, 0.25) is 0 Å². The monoisotopic (exact) mass is 233 g/mol. The number of rotatable bonds is 2. The molecule has 2 aromatic rings. The van der Waals surface area contributed by atoms with Crippen LogP contribution in [0, 0.1) is 5.82 Å². The van der Waals surface area contributed by atoms with Gasteiger partial charge < -0.3 is 9.73 Å². The molecule has 1 aromatic heterocycles. The molecule has 2 nitrogen and oxygen atoms in total. The van der Waals surface area contributed by atoms with E-state index in [4.69, 9.17) is 4.42 Å². The van der Waals surface area contributed by atoms with E-state index in [1.54, 1.807) is 6.07 Å². The molecule has 0 saturated carbocycles. The molecule has 2 heterocycles. The Balaban J connectivity index is 1.80. The van der Waals surface area contributed by atoms with Crippen molar-refractivity contribution >= 4 is 11.0 Å². The maximum atomic E-state index is 13.1. The zero-order valence-electron chi connectivity index (χ0n) is 9.71. The molecule has 1 N–H and O–H groups in total. The summed E-state index contributed by atoms with van der Waals surface area (Å²) in [5, 5.41) is 4.35. The van der Waals surface area contributed by atoms with Gasteiger partial charge in [0, 0.05) is 17.8 Å². The van der Waals surface area contributed by atoms with Crippen LogP contribution in [-0.2, 0) is 6.42 Å². The van der Waals surface area contributed by atoms with Crippen molar-refractivity contribution in [1.29, 1.82) is 0 Å². The molecule has 0 unspecified atom stereocenters. The lowest BCUT2D eigenvalue weighted by Gasteiger charge is -2.22. The van der Waals surface area contributed by atoms with Gasteiger partial charge in [0.15, 0.2) is 0 Å². The summed E-state index contributed by atoms with van der Waals surface area (Å²) in [7, 11) is 0. The Labute approximate surface area is 99.8 Å². The fourth-order valence-electron chi connectivity index (χ4n) is 2.51. The third-order valence-electron chi connectivity index (χ3n) is 3.39. The molecule has 0 spiro atoms. The molecular formula is C14H16FNO. The molecule has 1 aromatic carbocycles. The van der Waals surface area contributed by atoms with E-state index in [0.29, 0.717) is 6.04 Å². The number of hydrogen-bond acceptors (Lipinski definition) is 2. The highest BCUT2D eigenvalue weighted by molar-refractivity contribution is 5.77. The van der Waals surface area contributed by atoms with Crippen LogP contribution in [0.25, 0.3) is 11.0 Å². The fourth-order valence-corrected chi connectivity index (χ4v) is 2.51. The summed E-state index contributed by atoms with van der Waals surface area (Å²) in [6.45, 7) is 1.10. The molecular weight excluding hydrogens is 217 g/mol. The second kappa shape index (κ2) is 4.49. The highest BCUT2D eigenvalue weighted by Crippen LogP contribution is 2.22. The molecule has 0 radical (unpaired) electrons. The van der Waals surface area contributed by atoms with Crippen molar-refractivity contribution in [2.45, 2.75) is 31.7 Å². The van der Waals surface area contributed by atoms with Gasteiger partial charge in [-0.1, -0.05) is 6.42 Å². The van der Waals surface area contributed by atoms with Crippen LogP contribution in [0.2, 0.25) is 0 Å². The summed E-state index contributed by atoms with van der Waals surface area (Å²) in [6.07, 6.45) is 4.65. The van der Waals surface area contributed by atoms with Gasteiger partial charge in [0.05, 0.1) is 0 Å². The minimum absolute atomic E-state index is 0.208. The van der Waals surface area contributed by atoms with Crippen molar-refractivity contribution in [2.24, 2.45) is 0 Å². The van der Waals surface area contributed by atoms with Crippen molar-refractivity contribution < 1.29 is 8.81 Å². The first-order valence-corrected chi connectivity index (χ1v) is 6.22. The van der Waals surface area contributed by atoms with Gasteiger partial charge in [0.25, 0.3) is 0 Å². The maximum Gasteiger partial charge on any atom is 0.134 e. The second-order valence-electron chi connectivity index (χ2n) is 4.75. The van der Waals surface area contributed by atoms with E-state index in [0.717, 1.165) is 29.7 Å². The Hall–Kier alpha value is -1.35. The molecule has 1 aliphatic rings. The minimum atomic E-state index is -0.208. The van der Waals surface area contributed by atoms with Gasteiger partial charge in [-0.2, -0.15) is 0 Å². The summed E-state index contributed by atoms with van der Waals surface area (Å²) >= 11 is 0. The zero-order chi connectivity index (χ0) is 11.7. The topological polar surface area (TPSA) is 25.2 Å². The lowest BCUT2D eigenvalue weighted by atomic mass is 10.0. The molecule has 3 rings (SSSR count). The predicted molar refractivity (Wildman–Crippen MR) is 65.5 cm³/mol. The Morgan fingerprint density at radius 2 is 2.24 bits per heavy atom. The molecule has 90 valence electrons. The third-order valence-corrected chi connectivity index (χ3v) is 3.39. The number of furan rings is 1. The number of fused-ring (bicyclic) bond motifs is 1. The lowest BCUT2D eigenvalue weighted by Crippen LogP contribution is -2.35. The number of nitrogens with one attached hydrogen (secondary N) is 1. The summed E-state index contributed by atoms with van der Waals surface area (Å²) < 4.78 is 18.8. The third kappa shape index (κ3) is 2.34. The van der Waals surface area contributed by atoms with Crippen LogP contribution >= 0.6 is 0 Å². The first kappa shape index (κ1) is 10.8. The van der Waals surface area contributed by atoms with Gasteiger partial charge in [-0.25, -0.2) is 4.39 Å². The molecule has 1 aliphatic heterocycles. The lowest BCUT2D eigenvalue weighted by molar-refractivity contribution is 0.378. The Bertz CT molecular complexity index is 514. The Morgan fingerprint density at radius 1 is 1.29 bits per heavy atom. The summed E-state index contributed by atoms with van der Waals surface area (Å²) in [5.74, 6) is 0.741. The standard InChI is InChI=1S/C14H16FNO/c15-11-4-5-14-10(7-11)8-13(17-14)9-12-3-1-2-6-16-12/h4-5,7-8,12,16H,1-3,6,9H2/t12-/m0/s1.